The van der Waals surface area contributed by atoms with Gasteiger partial charge in [-0.2, -0.15) is 0 Å². The van der Waals surface area contributed by atoms with Gasteiger partial charge in [-0.3, -0.25) is 5.32 Å². The summed E-state index contributed by atoms with van der Waals surface area (Å²) < 4.78 is 9.75. The number of esters is 1. The zero-order valence-electron chi connectivity index (χ0n) is 7.16. The van der Waals surface area contributed by atoms with Gasteiger partial charge in [0.2, 0.25) is 0 Å². The highest BCUT2D eigenvalue weighted by Gasteiger charge is 2.32. The van der Waals surface area contributed by atoms with E-state index < -0.39 is 19.0 Å². The Morgan fingerprint density at radius 3 is 2.92 bits per heavy atom. The summed E-state index contributed by atoms with van der Waals surface area (Å²) in [6.45, 7) is 3.72. The summed E-state index contributed by atoms with van der Waals surface area (Å²) in [4.78, 5) is 10.6. The van der Waals surface area contributed by atoms with Crippen molar-refractivity contribution >= 4 is 5.97 Å². The minimum atomic E-state index is -0.723. The van der Waals surface area contributed by atoms with Crippen molar-refractivity contribution in [3.63, 3.8) is 0 Å². The summed E-state index contributed by atoms with van der Waals surface area (Å²) in [5, 5.41) is 11.3. The maximum atomic E-state index is 10.6. The minimum absolute atomic E-state index is 0.180. The molecule has 1 rings (SSSR count). The molecule has 1 heterocycles. The van der Waals surface area contributed by atoms with Gasteiger partial charge in [0.1, 0.15) is 6.61 Å². The highest BCUT2D eigenvalue weighted by Crippen LogP contribution is 2.14. The number of rotatable bonds is 2. The SMILES string of the molecule is CC1(C)COC(OC(=O)CO)N1. The Labute approximate surface area is 70.7 Å². The lowest BCUT2D eigenvalue weighted by molar-refractivity contribution is -0.176. The van der Waals surface area contributed by atoms with Crippen LogP contribution in [0.5, 0.6) is 0 Å². The first kappa shape index (κ1) is 9.44. The smallest absolute Gasteiger partial charge is 0.335 e. The molecule has 0 spiro atoms. The molecule has 0 radical (unpaired) electrons. The maximum absolute atomic E-state index is 10.6. The first-order valence-electron chi connectivity index (χ1n) is 3.73. The van der Waals surface area contributed by atoms with E-state index in [0.29, 0.717) is 6.61 Å². The topological polar surface area (TPSA) is 67.8 Å². The third kappa shape index (κ3) is 2.44. The van der Waals surface area contributed by atoms with E-state index in [0.717, 1.165) is 0 Å². The standard InChI is InChI=1S/C7H13NO4/c1-7(2)4-11-6(8-7)12-5(10)3-9/h6,8-9H,3-4H2,1-2H3. The highest BCUT2D eigenvalue weighted by atomic mass is 16.7. The molecule has 0 aliphatic carbocycles. The predicted octanol–water partition coefficient (Wildman–Crippen LogP) is -0.796. The Kier molecular flexibility index (Phi) is 2.66. The number of aliphatic hydroxyl groups is 1. The van der Waals surface area contributed by atoms with Crippen LogP contribution in [0.4, 0.5) is 0 Å². The van der Waals surface area contributed by atoms with Gasteiger partial charge in [0.15, 0.2) is 0 Å². The van der Waals surface area contributed by atoms with Gasteiger partial charge in [0, 0.05) is 5.54 Å². The van der Waals surface area contributed by atoms with Gasteiger partial charge in [-0.15, -0.1) is 0 Å². The summed E-state index contributed by atoms with van der Waals surface area (Å²) in [6, 6.07) is 0. The van der Waals surface area contributed by atoms with Crippen LogP contribution in [0.1, 0.15) is 13.8 Å². The van der Waals surface area contributed by atoms with Gasteiger partial charge < -0.3 is 14.6 Å². The number of nitrogens with one attached hydrogen (secondary N) is 1. The van der Waals surface area contributed by atoms with Crippen LogP contribution in [0.3, 0.4) is 0 Å². The van der Waals surface area contributed by atoms with E-state index in [1.165, 1.54) is 0 Å². The summed E-state index contributed by atoms with van der Waals surface area (Å²) in [7, 11) is 0. The summed E-state index contributed by atoms with van der Waals surface area (Å²) in [6.07, 6.45) is -0.723. The van der Waals surface area contributed by atoms with Gasteiger partial charge in [-0.25, -0.2) is 4.79 Å². The Morgan fingerprint density at radius 1 is 1.83 bits per heavy atom. The Balaban J connectivity index is 2.33. The van der Waals surface area contributed by atoms with Crippen LogP contribution < -0.4 is 5.32 Å². The number of aliphatic hydroxyl groups excluding tert-OH is 1. The first-order valence-corrected chi connectivity index (χ1v) is 3.73. The normalized spacial score (nSPS) is 27.1. The molecule has 70 valence electrons. The van der Waals surface area contributed by atoms with Crippen molar-refractivity contribution in [2.75, 3.05) is 13.2 Å². The number of carbonyl (C=O) groups excluding carboxylic acids is 1. The van der Waals surface area contributed by atoms with Crippen molar-refractivity contribution in [2.24, 2.45) is 0 Å². The second kappa shape index (κ2) is 3.38. The molecular formula is C7H13NO4. The lowest BCUT2D eigenvalue weighted by Gasteiger charge is -2.16. The van der Waals surface area contributed by atoms with E-state index in [-0.39, 0.29) is 5.54 Å². The largest absolute Gasteiger partial charge is 0.420 e. The van der Waals surface area contributed by atoms with Gasteiger partial charge in [0.05, 0.1) is 6.61 Å². The van der Waals surface area contributed by atoms with Crippen molar-refractivity contribution in [1.82, 2.24) is 5.32 Å². The molecule has 1 saturated heterocycles. The Morgan fingerprint density at radius 2 is 2.50 bits per heavy atom. The van der Waals surface area contributed by atoms with Crippen molar-refractivity contribution in [1.29, 1.82) is 0 Å². The minimum Gasteiger partial charge on any atom is -0.420 e. The first-order chi connectivity index (χ1) is 5.53. The van der Waals surface area contributed by atoms with Crippen LogP contribution >= 0.6 is 0 Å². The molecule has 1 aliphatic heterocycles. The van der Waals surface area contributed by atoms with Gasteiger partial charge in [-0.05, 0) is 13.8 Å². The Hall–Kier alpha value is -0.650. The molecule has 5 heteroatoms. The molecule has 1 fully saturated rings. The molecule has 1 unspecified atom stereocenters. The molecule has 0 aromatic carbocycles. The summed E-state index contributed by atoms with van der Waals surface area (Å²) in [5.74, 6) is -0.690. The fourth-order valence-electron chi connectivity index (χ4n) is 0.907. The predicted molar refractivity (Wildman–Crippen MR) is 40.1 cm³/mol. The van der Waals surface area contributed by atoms with Crippen LogP contribution in [0, 0.1) is 0 Å². The quantitative estimate of drug-likeness (QED) is 0.538. The Bertz CT molecular complexity index is 180. The van der Waals surface area contributed by atoms with Crippen molar-refractivity contribution in [3.05, 3.63) is 0 Å². The average molecular weight is 175 g/mol. The average Bonchev–Trinajstić information content (AvgIpc) is 2.30. The van der Waals surface area contributed by atoms with E-state index in [1.54, 1.807) is 0 Å². The van der Waals surface area contributed by atoms with Crippen LogP contribution in [0.25, 0.3) is 0 Å². The molecular weight excluding hydrogens is 162 g/mol. The fraction of sp³-hybridized carbons (Fsp3) is 0.857. The van der Waals surface area contributed by atoms with E-state index >= 15 is 0 Å². The molecule has 2 N–H and O–H groups in total. The van der Waals surface area contributed by atoms with Crippen LogP contribution in [-0.4, -0.2) is 36.2 Å². The van der Waals surface area contributed by atoms with Crippen molar-refractivity contribution in [3.8, 4) is 0 Å². The van der Waals surface area contributed by atoms with E-state index in [9.17, 15) is 4.79 Å². The molecule has 0 amide bonds. The van der Waals surface area contributed by atoms with E-state index in [4.69, 9.17) is 9.84 Å². The number of hydrogen-bond donors (Lipinski definition) is 2. The second-order valence-corrected chi connectivity index (χ2v) is 3.32. The van der Waals surface area contributed by atoms with Crippen molar-refractivity contribution in [2.45, 2.75) is 25.8 Å². The van der Waals surface area contributed by atoms with E-state index in [1.807, 2.05) is 13.8 Å². The maximum Gasteiger partial charge on any atom is 0.335 e. The molecule has 0 bridgehead atoms. The number of ether oxygens (including phenoxy) is 2. The zero-order chi connectivity index (χ0) is 9.19. The lowest BCUT2D eigenvalue weighted by Crippen LogP contribution is -2.41. The highest BCUT2D eigenvalue weighted by molar-refractivity contribution is 5.70. The van der Waals surface area contributed by atoms with Gasteiger partial charge >= 0.3 is 5.97 Å². The lowest BCUT2D eigenvalue weighted by atomic mass is 10.1. The zero-order valence-corrected chi connectivity index (χ0v) is 7.16. The number of carbonyl (C=O) groups is 1. The van der Waals surface area contributed by atoms with Crippen LogP contribution in [0.2, 0.25) is 0 Å². The molecule has 0 saturated carbocycles. The van der Waals surface area contributed by atoms with Gasteiger partial charge in [0.25, 0.3) is 6.41 Å². The monoisotopic (exact) mass is 175 g/mol. The summed E-state index contributed by atoms with van der Waals surface area (Å²) in [5.41, 5.74) is -0.180. The molecule has 1 aliphatic rings. The summed E-state index contributed by atoms with van der Waals surface area (Å²) >= 11 is 0. The molecule has 5 nitrogen and oxygen atoms in total. The second-order valence-electron chi connectivity index (χ2n) is 3.32. The fourth-order valence-corrected chi connectivity index (χ4v) is 0.907. The molecule has 0 aromatic rings. The number of hydrogen-bond acceptors (Lipinski definition) is 5. The third-order valence-corrected chi connectivity index (χ3v) is 1.47. The van der Waals surface area contributed by atoms with Crippen molar-refractivity contribution < 1.29 is 19.4 Å². The van der Waals surface area contributed by atoms with Crippen LogP contribution in [0.15, 0.2) is 0 Å². The molecule has 1 atom stereocenters. The van der Waals surface area contributed by atoms with E-state index in [2.05, 4.69) is 10.1 Å². The third-order valence-electron chi connectivity index (χ3n) is 1.47. The molecule has 0 aromatic heterocycles. The van der Waals surface area contributed by atoms with Crippen LogP contribution in [-0.2, 0) is 14.3 Å². The van der Waals surface area contributed by atoms with Gasteiger partial charge in [-0.1, -0.05) is 0 Å². The molecule has 12 heavy (non-hydrogen) atoms.